The largest absolute Gasteiger partial charge is 0.394 e. The Balaban J connectivity index is 2.94. The van der Waals surface area contributed by atoms with Crippen LogP contribution in [0.15, 0.2) is 0 Å². The van der Waals surface area contributed by atoms with Crippen molar-refractivity contribution in [3.8, 4) is 0 Å². The van der Waals surface area contributed by atoms with Gasteiger partial charge in [0.1, 0.15) is 0 Å². The van der Waals surface area contributed by atoms with E-state index in [1.165, 1.54) is 9.21 Å². The summed E-state index contributed by atoms with van der Waals surface area (Å²) in [4.78, 5) is 0. The fraction of sp³-hybridized carbons (Fsp3) is 1.00. The van der Waals surface area contributed by atoms with Crippen molar-refractivity contribution in [2.45, 2.75) is 6.42 Å². The summed E-state index contributed by atoms with van der Waals surface area (Å²) < 4.78 is 37.0. The van der Waals surface area contributed by atoms with Gasteiger partial charge in [0, 0.05) is 27.8 Å². The van der Waals surface area contributed by atoms with Crippen LogP contribution in [0, 0.1) is 0 Å². The van der Waals surface area contributed by atoms with E-state index in [2.05, 4.69) is 21.2 Å². The Labute approximate surface area is 166 Å². The van der Waals surface area contributed by atoms with Crippen LogP contribution in [0.25, 0.3) is 0 Å². The van der Waals surface area contributed by atoms with E-state index in [0.717, 1.165) is 6.42 Å². The number of hydrogen-bond acceptors (Lipinski definition) is 9. The monoisotopic (exact) mass is 498 g/mol. The van der Waals surface area contributed by atoms with Gasteiger partial charge >= 0.3 is 0 Å². The molecule has 8 nitrogen and oxygen atoms in total. The highest BCUT2D eigenvalue weighted by molar-refractivity contribution is 14.2. The average Bonchev–Trinajstić information content (AvgIpc) is 2.63. The molecule has 0 unspecified atom stereocenters. The summed E-state index contributed by atoms with van der Waals surface area (Å²) in [7, 11) is 1.34. The predicted octanol–water partition coefficient (Wildman–Crippen LogP) is 1.48. The standard InChI is InChI=1S/C15H31IO8S/c16-25-24-4-1-3-18-6-8-20-10-12-22-14-15-23-13-11-21-9-7-19-5-2-17/h17H,1-15H2. The van der Waals surface area contributed by atoms with Gasteiger partial charge in [-0.3, -0.25) is 0 Å². The van der Waals surface area contributed by atoms with E-state index >= 15 is 0 Å². The molecule has 10 heteroatoms. The Morgan fingerprint density at radius 3 is 1.24 bits per heavy atom. The second-order valence-electron chi connectivity index (χ2n) is 4.64. The Bertz CT molecular complexity index is 220. The molecule has 0 rings (SSSR count). The summed E-state index contributed by atoms with van der Waals surface area (Å²) in [6.45, 7) is 7.14. The van der Waals surface area contributed by atoms with Crippen LogP contribution in [-0.2, 0) is 32.6 Å². The zero-order valence-corrected chi connectivity index (χ0v) is 17.7. The molecular weight excluding hydrogens is 467 g/mol. The number of rotatable bonds is 22. The van der Waals surface area contributed by atoms with Crippen LogP contribution in [0.3, 0.4) is 0 Å². The molecule has 0 bridgehead atoms. The minimum Gasteiger partial charge on any atom is -0.394 e. The van der Waals surface area contributed by atoms with Gasteiger partial charge in [0.25, 0.3) is 0 Å². The highest BCUT2D eigenvalue weighted by atomic mass is 127. The molecule has 0 heterocycles. The van der Waals surface area contributed by atoms with Crippen molar-refractivity contribution >= 4 is 30.4 Å². The third-order valence-corrected chi connectivity index (χ3v) is 3.68. The quantitative estimate of drug-likeness (QED) is 0.136. The number of halogens is 1. The number of aliphatic hydroxyl groups is 1. The van der Waals surface area contributed by atoms with Gasteiger partial charge in [0.15, 0.2) is 0 Å². The summed E-state index contributed by atoms with van der Waals surface area (Å²) in [6.07, 6.45) is 0.891. The number of aliphatic hydroxyl groups excluding tert-OH is 1. The average molecular weight is 498 g/mol. The van der Waals surface area contributed by atoms with Gasteiger partial charge in [-0.2, -0.15) is 0 Å². The summed E-state index contributed by atoms with van der Waals surface area (Å²) >= 11 is 2.09. The maximum atomic E-state index is 8.51. The lowest BCUT2D eigenvalue weighted by atomic mass is 10.5. The molecule has 0 aromatic carbocycles. The van der Waals surface area contributed by atoms with E-state index < -0.39 is 0 Å². The van der Waals surface area contributed by atoms with E-state index in [9.17, 15) is 0 Å². The fourth-order valence-electron chi connectivity index (χ4n) is 1.52. The first-order chi connectivity index (χ1) is 12.4. The summed E-state index contributed by atoms with van der Waals surface area (Å²) in [6, 6.07) is 0. The molecule has 0 aromatic rings. The lowest BCUT2D eigenvalue weighted by molar-refractivity contribution is -0.0184. The van der Waals surface area contributed by atoms with Crippen molar-refractivity contribution in [2.24, 2.45) is 0 Å². The van der Waals surface area contributed by atoms with Crippen molar-refractivity contribution in [1.82, 2.24) is 0 Å². The summed E-state index contributed by atoms with van der Waals surface area (Å²) in [5.41, 5.74) is 0. The molecule has 0 aromatic heterocycles. The van der Waals surface area contributed by atoms with Crippen LogP contribution in [-0.4, -0.2) is 97.6 Å². The van der Waals surface area contributed by atoms with E-state index in [1.54, 1.807) is 0 Å². The molecule has 0 aliphatic heterocycles. The second kappa shape index (κ2) is 24.8. The van der Waals surface area contributed by atoms with Crippen LogP contribution in [0.2, 0.25) is 0 Å². The van der Waals surface area contributed by atoms with Crippen molar-refractivity contribution in [3.63, 3.8) is 0 Å². The first-order valence-corrected chi connectivity index (χ1v) is 11.7. The highest BCUT2D eigenvalue weighted by Crippen LogP contribution is 2.11. The molecular formula is C15H31IO8S. The molecule has 152 valence electrons. The maximum absolute atomic E-state index is 8.51. The van der Waals surface area contributed by atoms with Gasteiger partial charge < -0.3 is 37.7 Å². The Morgan fingerprint density at radius 2 is 0.880 bits per heavy atom. The van der Waals surface area contributed by atoms with Crippen molar-refractivity contribution in [1.29, 1.82) is 0 Å². The number of ether oxygens (including phenoxy) is 6. The van der Waals surface area contributed by atoms with E-state index in [-0.39, 0.29) is 6.61 Å². The van der Waals surface area contributed by atoms with Crippen LogP contribution in [0.1, 0.15) is 6.42 Å². The summed E-state index contributed by atoms with van der Waals surface area (Å²) in [5, 5.41) is 8.51. The van der Waals surface area contributed by atoms with E-state index in [1.807, 2.05) is 0 Å². The van der Waals surface area contributed by atoms with E-state index in [4.69, 9.17) is 37.7 Å². The first-order valence-electron chi connectivity index (χ1n) is 8.39. The third-order valence-electron chi connectivity index (χ3n) is 2.66. The maximum Gasteiger partial charge on any atom is 0.0701 e. The van der Waals surface area contributed by atoms with Gasteiger partial charge in [-0.25, -0.2) is 0 Å². The smallest absolute Gasteiger partial charge is 0.0701 e. The van der Waals surface area contributed by atoms with Crippen LogP contribution in [0.5, 0.6) is 0 Å². The molecule has 1 N–H and O–H groups in total. The molecule has 0 radical (unpaired) electrons. The normalized spacial score (nSPS) is 11.3. The Morgan fingerprint density at radius 1 is 0.520 bits per heavy atom. The molecule has 0 spiro atoms. The van der Waals surface area contributed by atoms with E-state index in [0.29, 0.717) is 85.9 Å². The molecule has 25 heavy (non-hydrogen) atoms. The topological polar surface area (TPSA) is 84.8 Å². The second-order valence-corrected chi connectivity index (χ2v) is 6.08. The van der Waals surface area contributed by atoms with Crippen LogP contribution >= 0.6 is 30.4 Å². The number of hydrogen-bond donors (Lipinski definition) is 1. The molecule has 0 aliphatic rings. The molecule has 0 saturated carbocycles. The Kier molecular flexibility index (Phi) is 25.5. The predicted molar refractivity (Wildman–Crippen MR) is 104 cm³/mol. The highest BCUT2D eigenvalue weighted by Gasteiger charge is 1.94. The third kappa shape index (κ3) is 24.8. The van der Waals surface area contributed by atoms with Gasteiger partial charge in [-0.05, 0) is 6.42 Å². The molecule has 0 aliphatic carbocycles. The SMILES string of the molecule is OCCOCCOCCOCCOCCOCCOCCCOSI. The molecule has 0 atom stereocenters. The molecule has 0 amide bonds. The molecule has 0 fully saturated rings. The lowest BCUT2D eigenvalue weighted by Gasteiger charge is -2.08. The van der Waals surface area contributed by atoms with Crippen molar-refractivity contribution < 1.29 is 37.7 Å². The molecule has 0 saturated heterocycles. The Hall–Kier alpha value is 0.760. The minimum atomic E-state index is 0.0377. The lowest BCUT2D eigenvalue weighted by Crippen LogP contribution is -2.14. The fourth-order valence-corrected chi connectivity index (χ4v) is 2.24. The van der Waals surface area contributed by atoms with Crippen molar-refractivity contribution in [3.05, 3.63) is 0 Å². The minimum absolute atomic E-state index is 0.0377. The van der Waals surface area contributed by atoms with Crippen molar-refractivity contribution in [2.75, 3.05) is 92.5 Å². The van der Waals surface area contributed by atoms with Gasteiger partial charge in [-0.15, -0.1) is 0 Å². The van der Waals surface area contributed by atoms with Gasteiger partial charge in [0.2, 0.25) is 0 Å². The van der Waals surface area contributed by atoms with Crippen LogP contribution < -0.4 is 0 Å². The first kappa shape index (κ1) is 25.8. The van der Waals surface area contributed by atoms with Crippen LogP contribution in [0.4, 0.5) is 0 Å². The van der Waals surface area contributed by atoms with Gasteiger partial charge in [0.05, 0.1) is 95.1 Å². The van der Waals surface area contributed by atoms with Gasteiger partial charge in [-0.1, -0.05) is 0 Å². The summed E-state index contributed by atoms with van der Waals surface area (Å²) in [5.74, 6) is 0. The zero-order chi connectivity index (χ0) is 18.3. The zero-order valence-electron chi connectivity index (χ0n) is 14.7.